The molecule has 1 aliphatic rings. The van der Waals surface area contributed by atoms with Gasteiger partial charge in [-0.3, -0.25) is 0 Å². The van der Waals surface area contributed by atoms with E-state index in [1.165, 1.54) is 0 Å². The fourth-order valence-electron chi connectivity index (χ4n) is 3.45. The number of carboxylic acids is 1. The average molecular weight is 339 g/mol. The van der Waals surface area contributed by atoms with Crippen LogP contribution in [0.5, 0.6) is 0 Å². The molecule has 0 atom stereocenters. The van der Waals surface area contributed by atoms with E-state index in [4.69, 9.17) is 0 Å². The number of hydrogen-bond donors (Lipinski definition) is 1. The van der Waals surface area contributed by atoms with Crippen molar-refractivity contribution in [1.29, 1.82) is 0 Å². The Morgan fingerprint density at radius 3 is 2.75 bits per heavy atom. The third-order valence-electron chi connectivity index (χ3n) is 4.65. The molecule has 1 aromatic carbocycles. The highest BCUT2D eigenvalue weighted by Crippen LogP contribution is 2.34. The van der Waals surface area contributed by atoms with E-state index < -0.39 is 5.97 Å². The predicted molar refractivity (Wildman–Crippen MR) is 95.0 cm³/mol. The first-order valence-corrected chi connectivity index (χ1v) is 8.87. The van der Waals surface area contributed by atoms with E-state index in [-0.39, 0.29) is 5.92 Å². The van der Waals surface area contributed by atoms with Gasteiger partial charge in [-0.05, 0) is 41.8 Å². The number of anilines is 1. The fourth-order valence-corrected chi connectivity index (χ4v) is 4.31. The number of aromatic nitrogens is 2. The zero-order valence-corrected chi connectivity index (χ0v) is 13.9. The van der Waals surface area contributed by atoms with Crippen molar-refractivity contribution < 1.29 is 9.90 Å². The molecule has 0 spiro atoms. The van der Waals surface area contributed by atoms with Crippen molar-refractivity contribution in [3.05, 3.63) is 53.2 Å². The number of aromatic carboxylic acids is 1. The van der Waals surface area contributed by atoms with Crippen molar-refractivity contribution in [2.75, 3.05) is 18.0 Å². The van der Waals surface area contributed by atoms with E-state index in [2.05, 4.69) is 14.9 Å². The smallest absolute Gasteiger partial charge is 0.335 e. The summed E-state index contributed by atoms with van der Waals surface area (Å²) < 4.78 is 1.13. The maximum atomic E-state index is 11.4. The minimum Gasteiger partial charge on any atom is -0.478 e. The Morgan fingerprint density at radius 1 is 1.17 bits per heavy atom. The summed E-state index contributed by atoms with van der Waals surface area (Å²) in [6.07, 6.45) is 3.48. The van der Waals surface area contributed by atoms with Gasteiger partial charge in [-0.15, -0.1) is 11.3 Å². The molecule has 122 valence electrons. The molecule has 0 aliphatic carbocycles. The molecule has 0 bridgehead atoms. The molecule has 0 saturated carbocycles. The summed E-state index contributed by atoms with van der Waals surface area (Å²) in [6, 6.07) is 9.38. The van der Waals surface area contributed by atoms with E-state index >= 15 is 0 Å². The van der Waals surface area contributed by atoms with Crippen LogP contribution in [0.25, 0.3) is 10.2 Å². The largest absolute Gasteiger partial charge is 0.478 e. The SMILES string of the molecule is O=C(O)c1ccccc1C1CCN(c2ncnc3ccsc23)CC1. The van der Waals surface area contributed by atoms with E-state index in [1.54, 1.807) is 29.8 Å². The molecule has 2 aromatic heterocycles. The molecule has 5 nitrogen and oxygen atoms in total. The summed E-state index contributed by atoms with van der Waals surface area (Å²) in [5.41, 5.74) is 2.37. The van der Waals surface area contributed by atoms with Crippen LogP contribution < -0.4 is 4.90 Å². The minimum atomic E-state index is -0.843. The number of thiophene rings is 1. The van der Waals surface area contributed by atoms with Crippen molar-refractivity contribution in [2.45, 2.75) is 18.8 Å². The van der Waals surface area contributed by atoms with Crippen LogP contribution in [-0.4, -0.2) is 34.1 Å². The number of carbonyl (C=O) groups is 1. The number of piperidine rings is 1. The Labute approximate surface area is 143 Å². The summed E-state index contributed by atoms with van der Waals surface area (Å²) >= 11 is 1.67. The Hall–Kier alpha value is -2.47. The van der Waals surface area contributed by atoms with Gasteiger partial charge in [0.1, 0.15) is 12.1 Å². The first kappa shape index (κ1) is 15.1. The van der Waals surface area contributed by atoms with Gasteiger partial charge in [-0.2, -0.15) is 0 Å². The van der Waals surface area contributed by atoms with Crippen LogP contribution >= 0.6 is 11.3 Å². The van der Waals surface area contributed by atoms with Gasteiger partial charge in [0.05, 0.1) is 15.8 Å². The number of nitrogens with zero attached hydrogens (tertiary/aromatic N) is 3. The third-order valence-corrected chi connectivity index (χ3v) is 5.55. The maximum Gasteiger partial charge on any atom is 0.335 e. The highest BCUT2D eigenvalue weighted by molar-refractivity contribution is 7.17. The molecule has 24 heavy (non-hydrogen) atoms. The van der Waals surface area contributed by atoms with Gasteiger partial charge < -0.3 is 10.0 Å². The van der Waals surface area contributed by atoms with Crippen LogP contribution in [0.4, 0.5) is 5.82 Å². The topological polar surface area (TPSA) is 66.3 Å². The molecular weight excluding hydrogens is 322 g/mol. The average Bonchev–Trinajstić information content (AvgIpc) is 3.10. The molecule has 3 aromatic rings. The Balaban J connectivity index is 1.55. The molecule has 1 aliphatic heterocycles. The number of rotatable bonds is 3. The van der Waals surface area contributed by atoms with Crippen LogP contribution in [0.2, 0.25) is 0 Å². The Morgan fingerprint density at radius 2 is 1.96 bits per heavy atom. The zero-order chi connectivity index (χ0) is 16.5. The quantitative estimate of drug-likeness (QED) is 0.787. The molecule has 0 unspecified atom stereocenters. The zero-order valence-electron chi connectivity index (χ0n) is 13.1. The lowest BCUT2D eigenvalue weighted by Crippen LogP contribution is -2.34. The van der Waals surface area contributed by atoms with Gasteiger partial charge in [0, 0.05) is 13.1 Å². The second-order valence-electron chi connectivity index (χ2n) is 5.99. The lowest BCUT2D eigenvalue weighted by atomic mass is 9.86. The lowest BCUT2D eigenvalue weighted by molar-refractivity contribution is 0.0695. The van der Waals surface area contributed by atoms with Crippen molar-refractivity contribution in [1.82, 2.24) is 9.97 Å². The second-order valence-corrected chi connectivity index (χ2v) is 6.90. The Kier molecular flexibility index (Phi) is 3.90. The van der Waals surface area contributed by atoms with Gasteiger partial charge in [0.15, 0.2) is 0 Å². The number of hydrogen-bond acceptors (Lipinski definition) is 5. The first-order chi connectivity index (χ1) is 11.7. The molecule has 1 fully saturated rings. The standard InChI is InChI=1S/C18H17N3O2S/c22-18(23)14-4-2-1-3-13(14)12-5-8-21(9-6-12)17-16-15(7-10-24-16)19-11-20-17/h1-4,7,10-12H,5-6,8-9H2,(H,22,23). The minimum absolute atomic E-state index is 0.286. The molecule has 1 N–H and O–H groups in total. The van der Waals surface area contributed by atoms with Crippen LogP contribution in [0.1, 0.15) is 34.7 Å². The predicted octanol–water partition coefficient (Wildman–Crippen LogP) is 3.77. The van der Waals surface area contributed by atoms with Gasteiger partial charge in [-0.25, -0.2) is 14.8 Å². The summed E-state index contributed by atoms with van der Waals surface area (Å²) in [5.74, 6) is 0.443. The molecular formula is C18H17N3O2S. The highest BCUT2D eigenvalue weighted by atomic mass is 32.1. The molecule has 6 heteroatoms. The number of benzene rings is 1. The lowest BCUT2D eigenvalue weighted by Gasteiger charge is -2.33. The molecule has 0 amide bonds. The van der Waals surface area contributed by atoms with Crippen LogP contribution in [0, 0.1) is 0 Å². The monoisotopic (exact) mass is 339 g/mol. The van der Waals surface area contributed by atoms with Crippen molar-refractivity contribution in [3.8, 4) is 0 Å². The van der Waals surface area contributed by atoms with Crippen LogP contribution in [0.3, 0.4) is 0 Å². The van der Waals surface area contributed by atoms with Gasteiger partial charge >= 0.3 is 5.97 Å². The van der Waals surface area contributed by atoms with E-state index in [0.29, 0.717) is 5.56 Å². The first-order valence-electron chi connectivity index (χ1n) is 7.99. The fraction of sp³-hybridized carbons (Fsp3) is 0.278. The third kappa shape index (κ3) is 2.63. The summed E-state index contributed by atoms with van der Waals surface area (Å²) in [5, 5.41) is 11.4. The van der Waals surface area contributed by atoms with Gasteiger partial charge in [-0.1, -0.05) is 18.2 Å². The highest BCUT2D eigenvalue weighted by Gasteiger charge is 2.25. The molecule has 0 radical (unpaired) electrons. The second kappa shape index (κ2) is 6.20. The maximum absolute atomic E-state index is 11.4. The van der Waals surface area contributed by atoms with Crippen molar-refractivity contribution >= 4 is 33.3 Å². The van der Waals surface area contributed by atoms with Crippen molar-refractivity contribution in [3.63, 3.8) is 0 Å². The number of fused-ring (bicyclic) bond motifs is 1. The summed E-state index contributed by atoms with van der Waals surface area (Å²) in [6.45, 7) is 1.76. The molecule has 4 rings (SSSR count). The number of carboxylic acid groups (broad SMARTS) is 1. The van der Waals surface area contributed by atoms with Gasteiger partial charge in [0.25, 0.3) is 0 Å². The summed E-state index contributed by atoms with van der Waals surface area (Å²) in [7, 11) is 0. The van der Waals surface area contributed by atoms with Crippen LogP contribution in [0.15, 0.2) is 42.0 Å². The van der Waals surface area contributed by atoms with E-state index in [9.17, 15) is 9.90 Å². The molecule has 3 heterocycles. The molecule has 1 saturated heterocycles. The van der Waals surface area contributed by atoms with Crippen molar-refractivity contribution in [2.24, 2.45) is 0 Å². The normalized spacial score (nSPS) is 15.8. The van der Waals surface area contributed by atoms with E-state index in [1.807, 2.05) is 23.6 Å². The van der Waals surface area contributed by atoms with E-state index in [0.717, 1.165) is 47.5 Å². The summed E-state index contributed by atoms with van der Waals surface area (Å²) in [4.78, 5) is 22.5. The van der Waals surface area contributed by atoms with Crippen LogP contribution in [-0.2, 0) is 0 Å². The van der Waals surface area contributed by atoms with Gasteiger partial charge in [0.2, 0.25) is 0 Å². The Bertz CT molecular complexity index is 885.